The van der Waals surface area contributed by atoms with Crippen LogP contribution in [0.5, 0.6) is 0 Å². The van der Waals surface area contributed by atoms with E-state index in [1.165, 1.54) is 10.9 Å². The predicted octanol–water partition coefficient (Wildman–Crippen LogP) is 4.76. The van der Waals surface area contributed by atoms with E-state index < -0.39 is 0 Å². The number of hydrogen-bond donors (Lipinski definition) is 0. The van der Waals surface area contributed by atoms with Gasteiger partial charge in [-0.3, -0.25) is 0 Å². The highest BCUT2D eigenvalue weighted by atomic mass is 35.5. The summed E-state index contributed by atoms with van der Waals surface area (Å²) >= 11 is 6.43. The van der Waals surface area contributed by atoms with E-state index in [0.29, 0.717) is 0 Å². The van der Waals surface area contributed by atoms with Crippen LogP contribution in [0, 0.1) is 13.0 Å². The molecule has 0 spiro atoms. The zero-order valence-electron chi connectivity index (χ0n) is 8.92. The van der Waals surface area contributed by atoms with Crippen LogP contribution < -0.4 is 0 Å². The van der Waals surface area contributed by atoms with Crippen LogP contribution in [0.25, 0.3) is 21.5 Å². The normalized spacial score (nSPS) is 11.1. The highest BCUT2D eigenvalue weighted by Crippen LogP contribution is 2.34. The van der Waals surface area contributed by atoms with Gasteiger partial charge in [0.15, 0.2) is 0 Å². The summed E-state index contributed by atoms with van der Waals surface area (Å²) in [4.78, 5) is 0. The molecule has 0 bridgehead atoms. The monoisotopic (exact) mass is 225 g/mol. The largest absolute Gasteiger partial charge is 0.0830 e. The van der Waals surface area contributed by atoms with Crippen LogP contribution in [0.15, 0.2) is 42.5 Å². The summed E-state index contributed by atoms with van der Waals surface area (Å²) in [5, 5.41) is 5.36. The first-order chi connectivity index (χ1) is 7.79. The number of aryl methyl sites for hydroxylation is 1. The third kappa shape index (κ3) is 1.23. The van der Waals surface area contributed by atoms with Gasteiger partial charge in [-0.15, -0.1) is 0 Å². The fourth-order valence-corrected chi connectivity index (χ4v) is 2.53. The van der Waals surface area contributed by atoms with E-state index in [-0.39, 0.29) is 0 Å². The molecule has 0 aliphatic heterocycles. The van der Waals surface area contributed by atoms with E-state index in [0.717, 1.165) is 21.2 Å². The molecule has 1 radical (unpaired) electrons. The molecular weight excluding hydrogens is 216 g/mol. The first-order valence-electron chi connectivity index (χ1n) is 5.26. The molecule has 77 valence electrons. The Hall–Kier alpha value is -1.53. The van der Waals surface area contributed by atoms with E-state index in [1.807, 2.05) is 30.3 Å². The van der Waals surface area contributed by atoms with Crippen LogP contribution in [-0.2, 0) is 0 Å². The molecule has 0 aromatic heterocycles. The zero-order valence-corrected chi connectivity index (χ0v) is 9.68. The minimum Gasteiger partial charge on any atom is -0.0830 e. The summed E-state index contributed by atoms with van der Waals surface area (Å²) in [6.45, 7) is 2.12. The molecule has 0 amide bonds. The van der Waals surface area contributed by atoms with Gasteiger partial charge in [0.1, 0.15) is 0 Å². The number of benzene rings is 3. The van der Waals surface area contributed by atoms with E-state index in [2.05, 4.69) is 25.1 Å². The molecular formula is C15H10Cl. The van der Waals surface area contributed by atoms with Gasteiger partial charge < -0.3 is 0 Å². The number of fused-ring (bicyclic) bond motifs is 2. The van der Waals surface area contributed by atoms with Crippen molar-refractivity contribution < 1.29 is 0 Å². The fraction of sp³-hybridized carbons (Fsp3) is 0.0667. The molecule has 0 heterocycles. The third-order valence-corrected chi connectivity index (χ3v) is 3.44. The van der Waals surface area contributed by atoms with Gasteiger partial charge in [-0.1, -0.05) is 54.1 Å². The van der Waals surface area contributed by atoms with Gasteiger partial charge in [-0.25, -0.2) is 0 Å². The van der Waals surface area contributed by atoms with Crippen LogP contribution in [0.3, 0.4) is 0 Å². The lowest BCUT2D eigenvalue weighted by Gasteiger charge is -2.09. The topological polar surface area (TPSA) is 0 Å². The van der Waals surface area contributed by atoms with Crippen LogP contribution in [-0.4, -0.2) is 0 Å². The Morgan fingerprint density at radius 3 is 2.44 bits per heavy atom. The van der Waals surface area contributed by atoms with E-state index >= 15 is 0 Å². The Bertz CT molecular complexity index is 566. The average Bonchev–Trinajstić information content (AvgIpc) is 2.36. The van der Waals surface area contributed by atoms with E-state index in [4.69, 9.17) is 11.6 Å². The van der Waals surface area contributed by atoms with Gasteiger partial charge in [0.05, 0.1) is 5.02 Å². The number of rotatable bonds is 0. The molecule has 0 unspecified atom stereocenters. The Morgan fingerprint density at radius 2 is 1.62 bits per heavy atom. The van der Waals surface area contributed by atoms with Crippen molar-refractivity contribution in [1.29, 1.82) is 0 Å². The number of hydrogen-bond acceptors (Lipinski definition) is 0. The van der Waals surface area contributed by atoms with E-state index in [1.54, 1.807) is 0 Å². The molecule has 0 aliphatic carbocycles. The third-order valence-electron chi connectivity index (χ3n) is 3.04. The van der Waals surface area contributed by atoms with Crippen molar-refractivity contribution in [2.45, 2.75) is 6.92 Å². The summed E-state index contributed by atoms with van der Waals surface area (Å²) < 4.78 is 0. The second kappa shape index (κ2) is 3.50. The van der Waals surface area contributed by atoms with Gasteiger partial charge in [0, 0.05) is 10.8 Å². The average molecular weight is 226 g/mol. The second-order valence-corrected chi connectivity index (χ2v) is 4.32. The molecule has 3 aromatic carbocycles. The van der Waals surface area contributed by atoms with Gasteiger partial charge >= 0.3 is 0 Å². The maximum Gasteiger partial charge on any atom is 0.0563 e. The fourth-order valence-electron chi connectivity index (χ4n) is 2.21. The van der Waals surface area contributed by atoms with Crippen molar-refractivity contribution in [3.8, 4) is 0 Å². The minimum atomic E-state index is 0.827. The maximum absolute atomic E-state index is 6.43. The Morgan fingerprint density at radius 1 is 0.938 bits per heavy atom. The molecule has 1 heteroatoms. The summed E-state index contributed by atoms with van der Waals surface area (Å²) in [6.07, 6.45) is 0. The summed E-state index contributed by atoms with van der Waals surface area (Å²) in [6, 6.07) is 17.5. The van der Waals surface area contributed by atoms with Gasteiger partial charge in [-0.05, 0) is 29.3 Å². The van der Waals surface area contributed by atoms with Gasteiger partial charge in [-0.2, -0.15) is 0 Å². The summed E-state index contributed by atoms with van der Waals surface area (Å²) in [5.41, 5.74) is 1.25. The van der Waals surface area contributed by atoms with Crippen LogP contribution in [0.1, 0.15) is 5.56 Å². The van der Waals surface area contributed by atoms with Crippen molar-refractivity contribution in [3.05, 3.63) is 59.1 Å². The lowest BCUT2D eigenvalue weighted by molar-refractivity contribution is 1.58. The molecule has 16 heavy (non-hydrogen) atoms. The second-order valence-electron chi connectivity index (χ2n) is 3.94. The molecule has 0 saturated heterocycles. The van der Waals surface area contributed by atoms with Gasteiger partial charge in [0.25, 0.3) is 0 Å². The molecule has 0 N–H and O–H groups in total. The predicted molar refractivity (Wildman–Crippen MR) is 70.0 cm³/mol. The van der Waals surface area contributed by atoms with Gasteiger partial charge in [0.2, 0.25) is 0 Å². The quantitative estimate of drug-likeness (QED) is 0.484. The summed E-state index contributed by atoms with van der Waals surface area (Å²) in [5.74, 6) is 0. The standard InChI is InChI=1S/C15H10Cl/c1-10-11-6-2-4-8-13(11)15(16)14-9-5-3-7-12(10)14/h2-6,8-9H,1H3. The Kier molecular flexibility index (Phi) is 2.12. The molecule has 3 aromatic rings. The van der Waals surface area contributed by atoms with Crippen molar-refractivity contribution in [1.82, 2.24) is 0 Å². The molecule has 0 nitrogen and oxygen atoms in total. The van der Waals surface area contributed by atoms with Crippen LogP contribution >= 0.6 is 11.6 Å². The van der Waals surface area contributed by atoms with Crippen molar-refractivity contribution in [2.75, 3.05) is 0 Å². The lowest BCUT2D eigenvalue weighted by Crippen LogP contribution is -1.84. The zero-order chi connectivity index (χ0) is 11.1. The van der Waals surface area contributed by atoms with Crippen LogP contribution in [0.4, 0.5) is 0 Å². The van der Waals surface area contributed by atoms with Crippen molar-refractivity contribution in [3.63, 3.8) is 0 Å². The van der Waals surface area contributed by atoms with Crippen molar-refractivity contribution in [2.24, 2.45) is 0 Å². The molecule has 0 atom stereocenters. The first-order valence-corrected chi connectivity index (χ1v) is 5.64. The lowest BCUT2D eigenvalue weighted by atomic mass is 9.98. The van der Waals surface area contributed by atoms with Crippen molar-refractivity contribution >= 4 is 33.1 Å². The number of halogens is 1. The molecule has 0 saturated carbocycles. The highest BCUT2D eigenvalue weighted by Gasteiger charge is 2.08. The molecule has 0 fully saturated rings. The smallest absolute Gasteiger partial charge is 0.0563 e. The Labute approximate surface area is 99.5 Å². The highest BCUT2D eigenvalue weighted by molar-refractivity contribution is 6.41. The summed E-state index contributed by atoms with van der Waals surface area (Å²) in [7, 11) is 0. The molecule has 0 aliphatic rings. The SMILES string of the molecule is Cc1c2[c]cccc2c(Cl)c2ccccc12. The first kappa shape index (κ1) is 9.68. The van der Waals surface area contributed by atoms with E-state index in [9.17, 15) is 0 Å². The Balaban J connectivity index is 2.67. The minimum absolute atomic E-state index is 0.827. The van der Waals surface area contributed by atoms with Crippen LogP contribution in [0.2, 0.25) is 5.02 Å². The molecule has 3 rings (SSSR count). The maximum atomic E-state index is 6.43.